The molecule has 2 atom stereocenters. The summed E-state index contributed by atoms with van der Waals surface area (Å²) < 4.78 is 14.1. The summed E-state index contributed by atoms with van der Waals surface area (Å²) in [7, 11) is 0. The summed E-state index contributed by atoms with van der Waals surface area (Å²) in [6.45, 7) is 6.41. The SMILES string of the molecule is Cc1cc(C)c(C#N)c(N2C[C@@H]3OCC(n4cccn4)CO[C@H]3C2)n1. The van der Waals surface area contributed by atoms with Crippen LogP contribution in [0.1, 0.15) is 22.9 Å². The zero-order chi connectivity index (χ0) is 17.4. The minimum atomic E-state index is -0.0188. The molecule has 0 spiro atoms. The zero-order valence-electron chi connectivity index (χ0n) is 14.4. The normalized spacial score (nSPS) is 24.0. The van der Waals surface area contributed by atoms with Crippen molar-refractivity contribution in [3.05, 3.63) is 41.3 Å². The molecule has 2 aliphatic heterocycles. The van der Waals surface area contributed by atoms with Crippen LogP contribution in [-0.2, 0) is 9.47 Å². The molecule has 4 rings (SSSR count). The lowest BCUT2D eigenvalue weighted by atomic mass is 10.1. The molecule has 2 aromatic rings. The fourth-order valence-electron chi connectivity index (χ4n) is 3.59. The molecule has 0 aromatic carbocycles. The average Bonchev–Trinajstić information content (AvgIpc) is 3.21. The van der Waals surface area contributed by atoms with Crippen molar-refractivity contribution in [2.24, 2.45) is 0 Å². The number of fused-ring (bicyclic) bond motifs is 1. The summed E-state index contributed by atoms with van der Waals surface area (Å²) in [5, 5.41) is 13.8. The molecule has 0 radical (unpaired) electrons. The summed E-state index contributed by atoms with van der Waals surface area (Å²) in [6, 6.07) is 6.24. The van der Waals surface area contributed by atoms with Gasteiger partial charge in [0.15, 0.2) is 0 Å². The first-order valence-corrected chi connectivity index (χ1v) is 8.51. The van der Waals surface area contributed by atoms with Gasteiger partial charge in [0.05, 0.1) is 24.8 Å². The third-order valence-corrected chi connectivity index (χ3v) is 4.86. The second-order valence-corrected chi connectivity index (χ2v) is 6.68. The van der Waals surface area contributed by atoms with E-state index in [1.54, 1.807) is 6.20 Å². The topological polar surface area (TPSA) is 76.2 Å². The van der Waals surface area contributed by atoms with Gasteiger partial charge in [0.2, 0.25) is 0 Å². The Bertz CT molecular complexity index is 783. The zero-order valence-corrected chi connectivity index (χ0v) is 14.4. The van der Waals surface area contributed by atoms with E-state index in [1.807, 2.05) is 36.9 Å². The van der Waals surface area contributed by atoms with Gasteiger partial charge >= 0.3 is 0 Å². The Labute approximate surface area is 146 Å². The molecule has 0 amide bonds. The maximum Gasteiger partial charge on any atom is 0.147 e. The van der Waals surface area contributed by atoms with Gasteiger partial charge in [-0.15, -0.1) is 0 Å². The largest absolute Gasteiger partial charge is 0.371 e. The molecule has 0 unspecified atom stereocenters. The molecule has 25 heavy (non-hydrogen) atoms. The number of nitrogens with zero attached hydrogens (tertiary/aromatic N) is 5. The Hall–Kier alpha value is -2.43. The maximum atomic E-state index is 9.51. The molecule has 0 N–H and O–H groups in total. The van der Waals surface area contributed by atoms with Crippen molar-refractivity contribution in [1.29, 1.82) is 5.26 Å². The summed E-state index contributed by atoms with van der Waals surface area (Å²) in [5.41, 5.74) is 2.51. The van der Waals surface area contributed by atoms with E-state index in [0.29, 0.717) is 31.9 Å². The first-order valence-electron chi connectivity index (χ1n) is 8.51. The van der Waals surface area contributed by atoms with Gasteiger partial charge in [-0.25, -0.2) is 4.98 Å². The van der Waals surface area contributed by atoms with Crippen LogP contribution in [0.3, 0.4) is 0 Å². The van der Waals surface area contributed by atoms with Crippen LogP contribution < -0.4 is 4.90 Å². The lowest BCUT2D eigenvalue weighted by Crippen LogP contribution is -2.27. The molecular formula is C18H21N5O2. The van der Waals surface area contributed by atoms with E-state index in [1.165, 1.54) is 0 Å². The van der Waals surface area contributed by atoms with Crippen LogP contribution >= 0.6 is 0 Å². The van der Waals surface area contributed by atoms with Gasteiger partial charge < -0.3 is 14.4 Å². The van der Waals surface area contributed by atoms with Crippen LogP contribution in [0.4, 0.5) is 5.82 Å². The van der Waals surface area contributed by atoms with Crippen LogP contribution in [-0.4, -0.2) is 53.3 Å². The van der Waals surface area contributed by atoms with E-state index in [4.69, 9.17) is 9.47 Å². The highest BCUT2D eigenvalue weighted by atomic mass is 16.6. The van der Waals surface area contributed by atoms with Gasteiger partial charge in [0.1, 0.15) is 24.1 Å². The number of hydrogen-bond acceptors (Lipinski definition) is 6. The molecular weight excluding hydrogens is 318 g/mol. The first kappa shape index (κ1) is 16.1. The number of ether oxygens (including phenoxy) is 2. The van der Waals surface area contributed by atoms with E-state index < -0.39 is 0 Å². The minimum Gasteiger partial charge on any atom is -0.371 e. The van der Waals surface area contributed by atoms with Crippen molar-refractivity contribution in [1.82, 2.24) is 14.8 Å². The third-order valence-electron chi connectivity index (χ3n) is 4.86. The molecule has 7 heteroatoms. The number of anilines is 1. The quantitative estimate of drug-likeness (QED) is 0.827. The average molecular weight is 339 g/mol. The van der Waals surface area contributed by atoms with Crippen molar-refractivity contribution in [2.45, 2.75) is 32.1 Å². The second-order valence-electron chi connectivity index (χ2n) is 6.68. The van der Waals surface area contributed by atoms with Crippen LogP contribution in [0.15, 0.2) is 24.5 Å². The van der Waals surface area contributed by atoms with Crippen LogP contribution in [0.25, 0.3) is 0 Å². The molecule has 0 aliphatic carbocycles. The molecule has 2 saturated heterocycles. The van der Waals surface area contributed by atoms with Crippen molar-refractivity contribution in [3.8, 4) is 6.07 Å². The lowest BCUT2D eigenvalue weighted by Gasteiger charge is -2.21. The van der Waals surface area contributed by atoms with Gasteiger partial charge in [0.25, 0.3) is 0 Å². The van der Waals surface area contributed by atoms with Crippen molar-refractivity contribution < 1.29 is 9.47 Å². The molecule has 2 aliphatic rings. The van der Waals surface area contributed by atoms with Gasteiger partial charge in [-0.05, 0) is 31.5 Å². The van der Waals surface area contributed by atoms with Crippen LogP contribution in [0.5, 0.6) is 0 Å². The summed E-state index contributed by atoms with van der Waals surface area (Å²) in [5.74, 6) is 0.740. The van der Waals surface area contributed by atoms with Gasteiger partial charge in [-0.1, -0.05) is 0 Å². The smallest absolute Gasteiger partial charge is 0.147 e. The molecule has 7 nitrogen and oxygen atoms in total. The highest BCUT2D eigenvalue weighted by Crippen LogP contribution is 2.29. The van der Waals surface area contributed by atoms with Crippen molar-refractivity contribution in [2.75, 3.05) is 31.2 Å². The summed E-state index contributed by atoms with van der Waals surface area (Å²) in [4.78, 5) is 6.72. The number of hydrogen-bond donors (Lipinski definition) is 0. The molecule has 0 bridgehead atoms. The first-order chi connectivity index (χ1) is 12.2. The monoisotopic (exact) mass is 339 g/mol. The summed E-state index contributed by atoms with van der Waals surface area (Å²) in [6.07, 6.45) is 3.66. The van der Waals surface area contributed by atoms with Crippen molar-refractivity contribution >= 4 is 5.82 Å². The summed E-state index contributed by atoms with van der Waals surface area (Å²) >= 11 is 0. The van der Waals surface area contributed by atoms with E-state index in [2.05, 4.69) is 21.1 Å². The molecule has 0 saturated carbocycles. The Kier molecular flexibility index (Phi) is 4.15. The Balaban J connectivity index is 1.51. The second kappa shape index (κ2) is 6.47. The van der Waals surface area contributed by atoms with Gasteiger partial charge in [-0.2, -0.15) is 10.4 Å². The Morgan fingerprint density at radius 2 is 1.92 bits per heavy atom. The maximum absolute atomic E-state index is 9.51. The number of aromatic nitrogens is 3. The molecule has 2 fully saturated rings. The predicted octanol–water partition coefficient (Wildman–Crippen LogP) is 1.61. The van der Waals surface area contributed by atoms with Crippen molar-refractivity contribution in [3.63, 3.8) is 0 Å². The minimum absolute atomic E-state index is 0.0188. The Morgan fingerprint density at radius 3 is 2.52 bits per heavy atom. The van der Waals surface area contributed by atoms with E-state index >= 15 is 0 Å². The fraction of sp³-hybridized carbons (Fsp3) is 0.500. The lowest BCUT2D eigenvalue weighted by molar-refractivity contribution is -0.00461. The predicted molar refractivity (Wildman–Crippen MR) is 91.4 cm³/mol. The van der Waals surface area contributed by atoms with E-state index in [0.717, 1.165) is 17.1 Å². The third kappa shape index (κ3) is 2.99. The molecule has 2 aromatic heterocycles. The van der Waals surface area contributed by atoms with E-state index in [9.17, 15) is 5.26 Å². The molecule has 4 heterocycles. The fourth-order valence-corrected chi connectivity index (χ4v) is 3.59. The number of rotatable bonds is 2. The molecule has 130 valence electrons. The van der Waals surface area contributed by atoms with E-state index in [-0.39, 0.29) is 18.2 Å². The number of nitriles is 1. The highest BCUT2D eigenvalue weighted by Gasteiger charge is 2.39. The number of aryl methyl sites for hydroxylation is 2. The number of pyridine rings is 1. The van der Waals surface area contributed by atoms with Crippen LogP contribution in [0.2, 0.25) is 0 Å². The van der Waals surface area contributed by atoms with Gasteiger partial charge in [0, 0.05) is 31.2 Å². The van der Waals surface area contributed by atoms with Gasteiger partial charge in [-0.3, -0.25) is 4.68 Å². The standard InChI is InChI=1S/C18H21N5O2/c1-12-6-13(2)21-18(15(12)7-19)22-8-16-17(9-22)25-11-14(10-24-16)23-5-3-4-20-23/h3-6,14,16-17H,8-11H2,1-2H3/t16-,17-/m0/s1. The highest BCUT2D eigenvalue weighted by molar-refractivity contribution is 5.59. The Morgan fingerprint density at radius 1 is 1.20 bits per heavy atom. The van der Waals surface area contributed by atoms with Crippen LogP contribution in [0, 0.1) is 25.2 Å².